The lowest BCUT2D eigenvalue weighted by Crippen LogP contribution is -2.38. The number of methoxy groups -OCH3 is 1. The van der Waals surface area contributed by atoms with Crippen molar-refractivity contribution in [2.45, 2.75) is 51.0 Å². The van der Waals surface area contributed by atoms with Gasteiger partial charge in [-0.25, -0.2) is 0 Å². The van der Waals surface area contributed by atoms with Crippen LogP contribution in [-0.4, -0.2) is 29.4 Å². The van der Waals surface area contributed by atoms with Gasteiger partial charge < -0.3 is 14.6 Å². The van der Waals surface area contributed by atoms with E-state index in [0.29, 0.717) is 12.3 Å². The van der Waals surface area contributed by atoms with Crippen LogP contribution in [0.25, 0.3) is 10.9 Å². The SMILES string of the molecule is COc1ccc(CCCCC(=O)N2CCCCC2c2cc3ccccc3[nH]2)cc1. The van der Waals surface area contributed by atoms with Crippen LogP contribution in [-0.2, 0) is 11.2 Å². The highest BCUT2D eigenvalue weighted by molar-refractivity contribution is 5.81. The van der Waals surface area contributed by atoms with E-state index in [1.165, 1.54) is 23.1 Å². The molecule has 152 valence electrons. The van der Waals surface area contributed by atoms with Gasteiger partial charge in [0.2, 0.25) is 5.91 Å². The lowest BCUT2D eigenvalue weighted by Gasteiger charge is -2.35. The third-order valence-corrected chi connectivity index (χ3v) is 6.00. The number of aryl methyl sites for hydroxylation is 1. The van der Waals surface area contributed by atoms with E-state index in [2.05, 4.69) is 52.3 Å². The average Bonchev–Trinajstić information content (AvgIpc) is 3.21. The van der Waals surface area contributed by atoms with E-state index in [1.807, 2.05) is 12.1 Å². The van der Waals surface area contributed by atoms with Crippen LogP contribution >= 0.6 is 0 Å². The maximum Gasteiger partial charge on any atom is 0.223 e. The number of aromatic amines is 1. The number of piperidine rings is 1. The van der Waals surface area contributed by atoms with Crippen molar-refractivity contribution >= 4 is 16.8 Å². The van der Waals surface area contributed by atoms with Gasteiger partial charge in [0.25, 0.3) is 0 Å². The summed E-state index contributed by atoms with van der Waals surface area (Å²) in [4.78, 5) is 18.6. The van der Waals surface area contributed by atoms with Crippen LogP contribution in [0, 0.1) is 0 Å². The second-order valence-electron chi connectivity index (χ2n) is 7.97. The van der Waals surface area contributed by atoms with Crippen molar-refractivity contribution in [1.82, 2.24) is 9.88 Å². The summed E-state index contributed by atoms with van der Waals surface area (Å²) in [5, 5.41) is 1.22. The molecule has 0 saturated carbocycles. The molecular weight excluding hydrogens is 360 g/mol. The summed E-state index contributed by atoms with van der Waals surface area (Å²) in [6.45, 7) is 0.872. The summed E-state index contributed by atoms with van der Waals surface area (Å²) < 4.78 is 5.21. The molecule has 0 spiro atoms. The number of amides is 1. The highest BCUT2D eigenvalue weighted by atomic mass is 16.5. The molecule has 0 aliphatic carbocycles. The fraction of sp³-hybridized carbons (Fsp3) is 0.400. The van der Waals surface area contributed by atoms with E-state index < -0.39 is 0 Å². The zero-order chi connectivity index (χ0) is 20.1. The molecule has 1 aliphatic heterocycles. The number of carbonyl (C=O) groups excluding carboxylic acids is 1. The number of nitrogens with one attached hydrogen (secondary N) is 1. The number of aromatic nitrogens is 1. The number of hydrogen-bond donors (Lipinski definition) is 1. The smallest absolute Gasteiger partial charge is 0.223 e. The number of benzene rings is 2. The van der Waals surface area contributed by atoms with Gasteiger partial charge in [0.1, 0.15) is 5.75 Å². The average molecular weight is 391 g/mol. The Morgan fingerprint density at radius 1 is 1.10 bits per heavy atom. The molecule has 4 nitrogen and oxygen atoms in total. The second kappa shape index (κ2) is 9.17. The van der Waals surface area contributed by atoms with Crippen LogP contribution in [0.3, 0.4) is 0 Å². The Hall–Kier alpha value is -2.75. The lowest BCUT2D eigenvalue weighted by molar-refractivity contribution is -0.135. The van der Waals surface area contributed by atoms with E-state index in [9.17, 15) is 4.79 Å². The minimum atomic E-state index is 0.185. The largest absolute Gasteiger partial charge is 0.497 e. The van der Waals surface area contributed by atoms with Crippen LogP contribution in [0.15, 0.2) is 54.6 Å². The number of H-pyrrole nitrogens is 1. The van der Waals surface area contributed by atoms with Crippen molar-refractivity contribution in [1.29, 1.82) is 0 Å². The number of para-hydroxylation sites is 1. The summed E-state index contributed by atoms with van der Waals surface area (Å²) in [6.07, 6.45) is 6.93. The molecule has 1 saturated heterocycles. The summed E-state index contributed by atoms with van der Waals surface area (Å²) in [5.74, 6) is 1.18. The quantitative estimate of drug-likeness (QED) is 0.530. The maximum atomic E-state index is 13.0. The Bertz CT molecular complexity index is 912. The topological polar surface area (TPSA) is 45.3 Å². The van der Waals surface area contributed by atoms with Gasteiger partial charge in [-0.1, -0.05) is 30.3 Å². The van der Waals surface area contributed by atoms with Gasteiger partial charge in [-0.15, -0.1) is 0 Å². The molecule has 4 rings (SSSR count). The Kier molecular flexibility index (Phi) is 6.18. The van der Waals surface area contributed by atoms with E-state index in [1.54, 1.807) is 7.11 Å². The van der Waals surface area contributed by atoms with Crippen molar-refractivity contribution in [2.75, 3.05) is 13.7 Å². The first kappa shape index (κ1) is 19.6. The first-order chi connectivity index (χ1) is 14.2. The van der Waals surface area contributed by atoms with Gasteiger partial charge >= 0.3 is 0 Å². The first-order valence-electron chi connectivity index (χ1n) is 10.7. The molecule has 1 amide bonds. The van der Waals surface area contributed by atoms with E-state index in [0.717, 1.165) is 49.9 Å². The van der Waals surface area contributed by atoms with Gasteiger partial charge in [-0.05, 0) is 73.7 Å². The minimum Gasteiger partial charge on any atom is -0.497 e. The zero-order valence-electron chi connectivity index (χ0n) is 17.2. The van der Waals surface area contributed by atoms with Gasteiger partial charge in [0, 0.05) is 24.2 Å². The van der Waals surface area contributed by atoms with E-state index in [4.69, 9.17) is 4.74 Å². The molecule has 1 fully saturated rings. The predicted molar refractivity (Wildman–Crippen MR) is 117 cm³/mol. The van der Waals surface area contributed by atoms with Gasteiger partial charge in [-0.2, -0.15) is 0 Å². The van der Waals surface area contributed by atoms with E-state index in [-0.39, 0.29) is 6.04 Å². The Labute approximate surface area is 172 Å². The Morgan fingerprint density at radius 2 is 1.93 bits per heavy atom. The predicted octanol–water partition coefficient (Wildman–Crippen LogP) is 5.64. The number of nitrogens with zero attached hydrogens (tertiary/aromatic N) is 1. The van der Waals surface area contributed by atoms with Gasteiger partial charge in [0.15, 0.2) is 0 Å². The van der Waals surface area contributed by atoms with Crippen LogP contribution in [0.2, 0.25) is 0 Å². The number of fused-ring (bicyclic) bond motifs is 1. The fourth-order valence-corrected chi connectivity index (χ4v) is 4.37. The minimum absolute atomic E-state index is 0.185. The van der Waals surface area contributed by atoms with Crippen molar-refractivity contribution in [3.8, 4) is 5.75 Å². The number of rotatable bonds is 7. The molecule has 2 aromatic carbocycles. The zero-order valence-corrected chi connectivity index (χ0v) is 17.2. The second-order valence-corrected chi connectivity index (χ2v) is 7.97. The fourth-order valence-electron chi connectivity index (χ4n) is 4.37. The summed E-state index contributed by atoms with van der Waals surface area (Å²) in [6, 6.07) is 19.0. The number of unbranched alkanes of at least 4 members (excludes halogenated alkanes) is 1. The maximum absolute atomic E-state index is 13.0. The monoisotopic (exact) mass is 390 g/mol. The molecule has 3 aromatic rings. The molecule has 1 N–H and O–H groups in total. The normalized spacial score (nSPS) is 16.9. The molecule has 0 radical (unpaired) electrons. The molecule has 2 heterocycles. The van der Waals surface area contributed by atoms with Crippen molar-refractivity contribution < 1.29 is 9.53 Å². The van der Waals surface area contributed by atoms with Crippen LogP contribution in [0.5, 0.6) is 5.75 Å². The van der Waals surface area contributed by atoms with Crippen molar-refractivity contribution in [2.24, 2.45) is 0 Å². The summed E-state index contributed by atoms with van der Waals surface area (Å²) >= 11 is 0. The molecule has 4 heteroatoms. The number of likely N-dealkylation sites (tertiary alicyclic amines) is 1. The number of ether oxygens (including phenoxy) is 1. The lowest BCUT2D eigenvalue weighted by atomic mass is 9.98. The molecular formula is C25H30N2O2. The standard InChI is InChI=1S/C25H30N2O2/c1-29-21-15-13-19(14-16-21)8-2-5-12-25(28)27-17-7-6-11-24(27)23-18-20-9-3-4-10-22(20)26-23/h3-4,9-10,13-16,18,24,26H,2,5-8,11-12,17H2,1H3. The molecule has 1 unspecified atom stereocenters. The molecule has 1 aliphatic rings. The number of hydrogen-bond acceptors (Lipinski definition) is 2. The van der Waals surface area contributed by atoms with Crippen LogP contribution < -0.4 is 4.74 Å². The molecule has 1 atom stereocenters. The van der Waals surface area contributed by atoms with Crippen LogP contribution in [0.4, 0.5) is 0 Å². The Morgan fingerprint density at radius 3 is 2.72 bits per heavy atom. The van der Waals surface area contributed by atoms with Crippen LogP contribution in [0.1, 0.15) is 55.8 Å². The first-order valence-corrected chi connectivity index (χ1v) is 10.7. The Balaban J connectivity index is 1.33. The molecule has 0 bridgehead atoms. The van der Waals surface area contributed by atoms with Crippen molar-refractivity contribution in [3.63, 3.8) is 0 Å². The van der Waals surface area contributed by atoms with E-state index >= 15 is 0 Å². The van der Waals surface area contributed by atoms with Gasteiger partial charge in [0.05, 0.1) is 13.2 Å². The van der Waals surface area contributed by atoms with Gasteiger partial charge in [-0.3, -0.25) is 4.79 Å². The van der Waals surface area contributed by atoms with Crippen molar-refractivity contribution in [3.05, 3.63) is 65.9 Å². The summed E-state index contributed by atoms with van der Waals surface area (Å²) in [5.41, 5.74) is 3.63. The molecule has 1 aromatic heterocycles. The highest BCUT2D eigenvalue weighted by Crippen LogP contribution is 2.33. The third-order valence-electron chi connectivity index (χ3n) is 6.00. The molecule has 29 heavy (non-hydrogen) atoms. The number of carbonyl (C=O) groups is 1. The third kappa shape index (κ3) is 4.64. The highest BCUT2D eigenvalue weighted by Gasteiger charge is 2.28. The summed E-state index contributed by atoms with van der Waals surface area (Å²) in [7, 11) is 1.68.